The van der Waals surface area contributed by atoms with Crippen molar-refractivity contribution in [1.29, 1.82) is 0 Å². The van der Waals surface area contributed by atoms with E-state index in [9.17, 15) is 4.79 Å². The number of imidazole rings is 1. The molecule has 31 heavy (non-hydrogen) atoms. The summed E-state index contributed by atoms with van der Waals surface area (Å²) in [6.07, 6.45) is 5.52. The zero-order valence-corrected chi connectivity index (χ0v) is 18.0. The van der Waals surface area contributed by atoms with Crippen LogP contribution in [0.4, 0.5) is 16.3 Å². The van der Waals surface area contributed by atoms with Crippen LogP contribution >= 0.6 is 0 Å². The molecule has 0 atom stereocenters. The SMILES string of the molecule is CC(C)COC(=O)Nc1cccc(-c2cnc3ccc(NC4CCC(N)CC4)nn23)c1. The monoisotopic (exact) mass is 422 g/mol. The molecule has 1 amide bonds. The summed E-state index contributed by atoms with van der Waals surface area (Å²) in [7, 11) is 0. The molecule has 0 radical (unpaired) electrons. The Hall–Kier alpha value is -3.13. The van der Waals surface area contributed by atoms with Gasteiger partial charge in [-0.15, -0.1) is 5.10 Å². The van der Waals surface area contributed by atoms with Crippen LogP contribution in [0.25, 0.3) is 16.9 Å². The Labute approximate surface area is 182 Å². The molecular weight excluding hydrogens is 392 g/mol. The third-order valence-corrected chi connectivity index (χ3v) is 5.44. The molecule has 2 aromatic heterocycles. The standard InChI is InChI=1S/C23H30N6O2/c1-15(2)14-31-23(30)27-19-5-3-4-16(12-19)20-13-25-22-11-10-21(28-29(20)22)26-18-8-6-17(24)7-9-18/h3-5,10-13,15,17-18H,6-9,14,24H2,1-2H3,(H,26,28)(H,27,30). The summed E-state index contributed by atoms with van der Waals surface area (Å²) in [6, 6.07) is 12.2. The number of rotatable bonds is 6. The first-order valence-electron chi connectivity index (χ1n) is 10.9. The highest BCUT2D eigenvalue weighted by Crippen LogP contribution is 2.25. The van der Waals surface area contributed by atoms with Crippen LogP contribution in [0, 0.1) is 5.92 Å². The quantitative estimate of drug-likeness (QED) is 0.547. The number of carbonyl (C=O) groups is 1. The molecule has 1 aromatic carbocycles. The molecule has 1 saturated carbocycles. The predicted molar refractivity (Wildman–Crippen MR) is 122 cm³/mol. The number of anilines is 2. The topological polar surface area (TPSA) is 107 Å². The van der Waals surface area contributed by atoms with E-state index >= 15 is 0 Å². The van der Waals surface area contributed by atoms with Gasteiger partial charge in [-0.05, 0) is 55.9 Å². The van der Waals surface area contributed by atoms with Crippen molar-refractivity contribution in [2.24, 2.45) is 11.7 Å². The Balaban J connectivity index is 1.52. The van der Waals surface area contributed by atoms with Crippen LogP contribution in [-0.4, -0.2) is 39.4 Å². The lowest BCUT2D eigenvalue weighted by Gasteiger charge is -2.27. The van der Waals surface area contributed by atoms with Gasteiger partial charge in [0.25, 0.3) is 0 Å². The fourth-order valence-corrected chi connectivity index (χ4v) is 3.77. The highest BCUT2D eigenvalue weighted by atomic mass is 16.5. The maximum Gasteiger partial charge on any atom is 0.411 e. The van der Waals surface area contributed by atoms with Gasteiger partial charge in [0.2, 0.25) is 0 Å². The molecule has 1 fully saturated rings. The predicted octanol–water partition coefficient (Wildman–Crippen LogP) is 4.28. The second-order valence-corrected chi connectivity index (χ2v) is 8.59. The van der Waals surface area contributed by atoms with Crippen molar-refractivity contribution >= 4 is 23.2 Å². The molecule has 0 aliphatic heterocycles. The lowest BCUT2D eigenvalue weighted by atomic mass is 9.92. The normalized spacial score (nSPS) is 18.8. The van der Waals surface area contributed by atoms with Crippen molar-refractivity contribution in [3.8, 4) is 11.3 Å². The van der Waals surface area contributed by atoms with E-state index in [4.69, 9.17) is 15.6 Å². The minimum absolute atomic E-state index is 0.287. The molecule has 2 heterocycles. The maximum atomic E-state index is 12.0. The van der Waals surface area contributed by atoms with Gasteiger partial charge in [-0.25, -0.2) is 14.3 Å². The molecule has 4 N–H and O–H groups in total. The van der Waals surface area contributed by atoms with Gasteiger partial charge in [0.1, 0.15) is 5.82 Å². The number of hydrogen-bond acceptors (Lipinski definition) is 6. The van der Waals surface area contributed by atoms with Crippen molar-refractivity contribution in [1.82, 2.24) is 14.6 Å². The van der Waals surface area contributed by atoms with Gasteiger partial charge < -0.3 is 15.8 Å². The van der Waals surface area contributed by atoms with Gasteiger partial charge in [-0.2, -0.15) is 0 Å². The van der Waals surface area contributed by atoms with E-state index < -0.39 is 6.09 Å². The first-order valence-corrected chi connectivity index (χ1v) is 10.9. The van der Waals surface area contributed by atoms with Gasteiger partial charge in [-0.3, -0.25) is 5.32 Å². The van der Waals surface area contributed by atoms with Gasteiger partial charge in [-0.1, -0.05) is 26.0 Å². The van der Waals surface area contributed by atoms with Crippen LogP contribution in [0.15, 0.2) is 42.6 Å². The van der Waals surface area contributed by atoms with Crippen LogP contribution in [0.2, 0.25) is 0 Å². The van der Waals surface area contributed by atoms with E-state index in [0.717, 1.165) is 48.4 Å². The largest absolute Gasteiger partial charge is 0.449 e. The second-order valence-electron chi connectivity index (χ2n) is 8.59. The molecule has 3 aromatic rings. The number of nitrogens with two attached hydrogens (primary N) is 1. The van der Waals surface area contributed by atoms with E-state index in [1.54, 1.807) is 6.20 Å². The average Bonchev–Trinajstić information content (AvgIpc) is 3.17. The van der Waals surface area contributed by atoms with E-state index in [0.29, 0.717) is 24.4 Å². The molecule has 164 valence electrons. The summed E-state index contributed by atoms with van der Waals surface area (Å²) in [5, 5.41) is 11.1. The number of fused-ring (bicyclic) bond motifs is 1. The Morgan fingerprint density at radius 3 is 2.81 bits per heavy atom. The second kappa shape index (κ2) is 9.34. The lowest BCUT2D eigenvalue weighted by molar-refractivity contribution is 0.147. The molecular formula is C23H30N6O2. The molecule has 0 spiro atoms. The molecule has 0 saturated heterocycles. The van der Waals surface area contributed by atoms with Crippen molar-refractivity contribution in [2.75, 3.05) is 17.2 Å². The molecule has 0 unspecified atom stereocenters. The minimum Gasteiger partial charge on any atom is -0.449 e. The number of nitrogens with one attached hydrogen (secondary N) is 2. The number of benzene rings is 1. The number of nitrogens with zero attached hydrogens (tertiary/aromatic N) is 3. The van der Waals surface area contributed by atoms with Crippen molar-refractivity contribution in [2.45, 2.75) is 51.6 Å². The van der Waals surface area contributed by atoms with E-state index in [1.807, 2.05) is 54.8 Å². The van der Waals surface area contributed by atoms with E-state index in [1.165, 1.54) is 0 Å². The zero-order valence-electron chi connectivity index (χ0n) is 18.0. The number of hydrogen-bond donors (Lipinski definition) is 3. The van der Waals surface area contributed by atoms with Gasteiger partial charge >= 0.3 is 6.09 Å². The minimum atomic E-state index is -0.458. The Morgan fingerprint density at radius 2 is 2.03 bits per heavy atom. The third-order valence-electron chi connectivity index (χ3n) is 5.44. The molecule has 8 nitrogen and oxygen atoms in total. The van der Waals surface area contributed by atoms with Crippen molar-refractivity contribution in [3.63, 3.8) is 0 Å². The number of aromatic nitrogens is 3. The smallest absolute Gasteiger partial charge is 0.411 e. The summed E-state index contributed by atoms with van der Waals surface area (Å²) in [6.45, 7) is 4.38. The Bertz CT molecular complexity index is 1040. The zero-order chi connectivity index (χ0) is 21.8. The number of carbonyl (C=O) groups excluding carboxylic acids is 1. The van der Waals surface area contributed by atoms with Crippen LogP contribution in [0.3, 0.4) is 0 Å². The highest BCUT2D eigenvalue weighted by Gasteiger charge is 2.19. The first kappa shape index (κ1) is 21.1. The molecule has 1 aliphatic carbocycles. The van der Waals surface area contributed by atoms with Gasteiger partial charge in [0.15, 0.2) is 5.65 Å². The first-order chi connectivity index (χ1) is 15.0. The van der Waals surface area contributed by atoms with Gasteiger partial charge in [0, 0.05) is 23.3 Å². The summed E-state index contributed by atoms with van der Waals surface area (Å²) in [4.78, 5) is 16.5. The van der Waals surface area contributed by atoms with Crippen LogP contribution in [0.5, 0.6) is 0 Å². The van der Waals surface area contributed by atoms with E-state index in [2.05, 4.69) is 15.6 Å². The fraction of sp³-hybridized carbons (Fsp3) is 0.435. The molecule has 1 aliphatic rings. The molecule has 8 heteroatoms. The third kappa shape index (κ3) is 5.32. The summed E-state index contributed by atoms with van der Waals surface area (Å²) < 4.78 is 7.03. The van der Waals surface area contributed by atoms with Crippen LogP contribution in [0.1, 0.15) is 39.5 Å². The number of ether oxygens (including phenoxy) is 1. The van der Waals surface area contributed by atoms with Crippen LogP contribution in [-0.2, 0) is 4.74 Å². The van der Waals surface area contributed by atoms with E-state index in [-0.39, 0.29) is 5.92 Å². The Kier molecular flexibility index (Phi) is 6.36. The Morgan fingerprint density at radius 1 is 1.23 bits per heavy atom. The molecule has 0 bridgehead atoms. The summed E-state index contributed by atoms with van der Waals surface area (Å²) >= 11 is 0. The fourth-order valence-electron chi connectivity index (χ4n) is 3.77. The van der Waals surface area contributed by atoms with Gasteiger partial charge in [0.05, 0.1) is 18.5 Å². The van der Waals surface area contributed by atoms with Crippen molar-refractivity contribution < 1.29 is 9.53 Å². The average molecular weight is 423 g/mol. The summed E-state index contributed by atoms with van der Waals surface area (Å²) in [5.74, 6) is 1.10. The lowest BCUT2D eigenvalue weighted by Crippen LogP contribution is -2.33. The maximum absolute atomic E-state index is 12.0. The highest BCUT2D eigenvalue weighted by molar-refractivity contribution is 5.85. The number of amides is 1. The molecule has 4 rings (SSSR count). The van der Waals surface area contributed by atoms with Crippen LogP contribution < -0.4 is 16.4 Å². The van der Waals surface area contributed by atoms with Crippen molar-refractivity contribution in [3.05, 3.63) is 42.6 Å². The summed E-state index contributed by atoms with van der Waals surface area (Å²) in [5.41, 5.74) is 9.20.